The Balaban J connectivity index is 1.60. The fourth-order valence-electron chi connectivity index (χ4n) is 5.82. The fraction of sp³-hybridized carbons (Fsp3) is 0.406. The van der Waals surface area contributed by atoms with Gasteiger partial charge in [-0.05, 0) is 35.1 Å². The zero-order chi connectivity index (χ0) is 26.0. The molecular weight excluding hydrogens is 473 g/mol. The fourth-order valence-corrected chi connectivity index (χ4v) is 9.75. The van der Waals surface area contributed by atoms with E-state index in [-0.39, 0.29) is 5.41 Å². The molecule has 0 bridgehead atoms. The number of rotatable bonds is 10. The Morgan fingerprint density at radius 1 is 0.694 bits per heavy atom. The van der Waals surface area contributed by atoms with Crippen molar-refractivity contribution < 1.29 is 9.47 Å². The van der Waals surface area contributed by atoms with E-state index >= 15 is 0 Å². The van der Waals surface area contributed by atoms with Crippen molar-refractivity contribution in [1.29, 1.82) is 0 Å². The number of benzene rings is 2. The number of ether oxygens (including phenoxy) is 2. The molecule has 2 aromatic carbocycles. The maximum atomic E-state index is 6.45. The summed E-state index contributed by atoms with van der Waals surface area (Å²) in [6.45, 7) is 22.1. The Labute approximate surface area is 221 Å². The number of hydrogen-bond donors (Lipinski definition) is 0. The third-order valence-electron chi connectivity index (χ3n) is 7.33. The average molecular weight is 516 g/mol. The molecule has 0 saturated carbocycles. The van der Waals surface area contributed by atoms with Gasteiger partial charge in [0.1, 0.15) is 0 Å². The average Bonchev–Trinajstić information content (AvgIpc) is 3.17. The van der Waals surface area contributed by atoms with Crippen LogP contribution in [0.4, 0.5) is 0 Å². The quantitative estimate of drug-likeness (QED) is 0.296. The lowest BCUT2D eigenvalue weighted by Gasteiger charge is -2.37. The van der Waals surface area contributed by atoms with Gasteiger partial charge in [-0.25, -0.2) is 0 Å². The summed E-state index contributed by atoms with van der Waals surface area (Å²) >= 11 is 0. The van der Waals surface area contributed by atoms with Crippen LogP contribution in [0.3, 0.4) is 0 Å². The molecule has 1 radical (unpaired) electrons. The lowest BCUT2D eigenvalue weighted by Crippen LogP contribution is -2.37. The van der Waals surface area contributed by atoms with Gasteiger partial charge in [0, 0.05) is 11.0 Å². The summed E-state index contributed by atoms with van der Waals surface area (Å²) in [5, 5.41) is 1.58. The molecule has 2 aliphatic rings. The SMILES string of the molecule is C=C1C=C([Si](C)(C)C)C2=C(CC(COCc3ccccc3)(COCc3ccccc3)C2)[C]1[Si](C)(C)C. The molecule has 0 atom stereocenters. The highest BCUT2D eigenvalue weighted by Gasteiger charge is 2.48. The first kappa shape index (κ1) is 27.1. The van der Waals surface area contributed by atoms with Gasteiger partial charge in [0.2, 0.25) is 0 Å². The summed E-state index contributed by atoms with van der Waals surface area (Å²) in [5.74, 6) is 0. The van der Waals surface area contributed by atoms with E-state index in [9.17, 15) is 0 Å². The minimum Gasteiger partial charge on any atom is -0.376 e. The van der Waals surface area contributed by atoms with Crippen LogP contribution in [0.5, 0.6) is 0 Å². The Morgan fingerprint density at radius 2 is 1.17 bits per heavy atom. The molecule has 4 heteroatoms. The van der Waals surface area contributed by atoms with Crippen molar-refractivity contribution >= 4 is 16.1 Å². The normalized spacial score (nSPS) is 18.4. The third-order valence-corrected chi connectivity index (χ3v) is 11.5. The molecule has 0 amide bonds. The Bertz CT molecular complexity index is 1070. The predicted octanol–water partition coefficient (Wildman–Crippen LogP) is 8.32. The van der Waals surface area contributed by atoms with E-state index in [0.29, 0.717) is 26.4 Å². The predicted molar refractivity (Wildman–Crippen MR) is 158 cm³/mol. The first-order valence-corrected chi connectivity index (χ1v) is 20.2. The van der Waals surface area contributed by atoms with Crippen molar-refractivity contribution in [1.82, 2.24) is 0 Å². The highest BCUT2D eigenvalue weighted by atomic mass is 28.3. The van der Waals surface area contributed by atoms with E-state index in [4.69, 9.17) is 9.47 Å². The van der Waals surface area contributed by atoms with Gasteiger partial charge < -0.3 is 9.47 Å². The molecule has 0 unspecified atom stereocenters. The van der Waals surface area contributed by atoms with Crippen molar-refractivity contribution in [2.75, 3.05) is 13.2 Å². The van der Waals surface area contributed by atoms with E-state index < -0.39 is 16.1 Å². The van der Waals surface area contributed by atoms with Crippen LogP contribution in [0.15, 0.2) is 95.2 Å². The zero-order valence-corrected chi connectivity index (χ0v) is 25.1. The Hall–Kier alpha value is -1.99. The van der Waals surface area contributed by atoms with Gasteiger partial charge in [0.15, 0.2) is 0 Å². The van der Waals surface area contributed by atoms with Gasteiger partial charge in [-0.2, -0.15) is 0 Å². The largest absolute Gasteiger partial charge is 0.376 e. The van der Waals surface area contributed by atoms with Crippen molar-refractivity contribution in [3.05, 3.63) is 112 Å². The Morgan fingerprint density at radius 3 is 1.61 bits per heavy atom. The van der Waals surface area contributed by atoms with Crippen molar-refractivity contribution in [2.45, 2.75) is 65.3 Å². The van der Waals surface area contributed by atoms with Crippen LogP contribution in [0.25, 0.3) is 0 Å². The van der Waals surface area contributed by atoms with E-state index in [1.54, 1.807) is 21.9 Å². The second-order valence-corrected chi connectivity index (χ2v) is 22.8. The third kappa shape index (κ3) is 6.28. The molecule has 0 N–H and O–H groups in total. The topological polar surface area (TPSA) is 18.5 Å². The molecule has 0 fully saturated rings. The maximum absolute atomic E-state index is 6.45. The van der Waals surface area contributed by atoms with Crippen molar-refractivity contribution in [3.63, 3.8) is 0 Å². The molecule has 0 heterocycles. The molecule has 4 rings (SSSR count). The first-order chi connectivity index (χ1) is 17.0. The smallest absolute Gasteiger partial charge is 0.0779 e. The van der Waals surface area contributed by atoms with Crippen LogP contribution in [0.1, 0.15) is 24.0 Å². The van der Waals surface area contributed by atoms with Crippen LogP contribution in [0, 0.1) is 11.0 Å². The van der Waals surface area contributed by atoms with Crippen molar-refractivity contribution in [2.24, 2.45) is 5.41 Å². The molecule has 0 spiro atoms. The summed E-state index contributed by atoms with van der Waals surface area (Å²) in [6.07, 6.45) is 4.50. The molecule has 2 nitrogen and oxygen atoms in total. The van der Waals surface area contributed by atoms with Gasteiger partial charge in [-0.3, -0.25) is 0 Å². The molecular formula is C32H43O2Si2. The second-order valence-electron chi connectivity index (χ2n) is 12.7. The van der Waals surface area contributed by atoms with Crippen molar-refractivity contribution in [3.8, 4) is 0 Å². The summed E-state index contributed by atoms with van der Waals surface area (Å²) in [7, 11) is -3.12. The number of allylic oxidation sites excluding steroid dienone is 5. The summed E-state index contributed by atoms with van der Waals surface area (Å²) in [6, 6.07) is 21.0. The van der Waals surface area contributed by atoms with Crippen LogP contribution in [-0.2, 0) is 22.7 Å². The van der Waals surface area contributed by atoms with E-state index in [1.165, 1.54) is 16.7 Å². The maximum Gasteiger partial charge on any atom is 0.0779 e. The number of hydrogen-bond acceptors (Lipinski definition) is 2. The molecule has 191 valence electrons. The molecule has 0 aliphatic heterocycles. The zero-order valence-electron chi connectivity index (χ0n) is 23.1. The van der Waals surface area contributed by atoms with Gasteiger partial charge in [-0.1, -0.05) is 123 Å². The molecule has 0 aromatic heterocycles. The summed E-state index contributed by atoms with van der Waals surface area (Å²) in [4.78, 5) is 0. The van der Waals surface area contributed by atoms with Gasteiger partial charge in [0.05, 0.1) is 42.6 Å². The van der Waals surface area contributed by atoms with Crippen LogP contribution in [0.2, 0.25) is 39.3 Å². The lowest BCUT2D eigenvalue weighted by molar-refractivity contribution is -0.0279. The van der Waals surface area contributed by atoms with E-state index in [2.05, 4.69) is 113 Å². The highest BCUT2D eigenvalue weighted by molar-refractivity contribution is 6.85. The lowest BCUT2D eigenvalue weighted by atomic mass is 9.85. The summed E-state index contributed by atoms with van der Waals surface area (Å²) in [5.41, 5.74) is 8.38. The molecule has 2 aromatic rings. The van der Waals surface area contributed by atoms with Gasteiger partial charge in [-0.15, -0.1) is 0 Å². The van der Waals surface area contributed by atoms with Crippen LogP contribution in [-0.4, -0.2) is 29.4 Å². The molecule has 2 aliphatic carbocycles. The van der Waals surface area contributed by atoms with Crippen LogP contribution < -0.4 is 0 Å². The molecule has 36 heavy (non-hydrogen) atoms. The minimum absolute atomic E-state index is 0.0531. The molecule has 0 saturated heterocycles. The van der Waals surface area contributed by atoms with E-state index in [1.807, 2.05) is 0 Å². The first-order valence-electron chi connectivity index (χ1n) is 13.2. The Kier molecular flexibility index (Phi) is 8.11. The van der Waals surface area contributed by atoms with E-state index in [0.717, 1.165) is 12.8 Å². The highest BCUT2D eigenvalue weighted by Crippen LogP contribution is 2.55. The van der Waals surface area contributed by atoms with Crippen LogP contribution >= 0.6 is 0 Å². The summed E-state index contributed by atoms with van der Waals surface area (Å²) < 4.78 is 12.9. The minimum atomic E-state index is -1.58. The monoisotopic (exact) mass is 515 g/mol. The standard InChI is InChI=1S/C32H43O2Si2/c1-25-18-30(35(2,3)4)28-19-32(20-29(28)31(25)36(5,6)7,23-33-21-26-14-10-8-11-15-26)24-34-22-27-16-12-9-13-17-27/h8-18H,1,19-24H2,2-7H3. The van der Waals surface area contributed by atoms with Gasteiger partial charge >= 0.3 is 0 Å². The second kappa shape index (κ2) is 10.8. The van der Waals surface area contributed by atoms with Gasteiger partial charge in [0.25, 0.3) is 0 Å².